The van der Waals surface area contributed by atoms with Crippen molar-refractivity contribution in [2.24, 2.45) is 5.73 Å². The van der Waals surface area contributed by atoms with Crippen LogP contribution in [-0.2, 0) is 5.75 Å². The van der Waals surface area contributed by atoms with Crippen molar-refractivity contribution in [1.29, 1.82) is 5.41 Å². The van der Waals surface area contributed by atoms with E-state index in [2.05, 4.69) is 6.92 Å². The second-order valence-corrected chi connectivity index (χ2v) is 5.42. The molecule has 4 heteroatoms. The number of benzene rings is 1. The average molecular weight is 257 g/mol. The van der Waals surface area contributed by atoms with E-state index in [1.807, 2.05) is 36.0 Å². The first-order chi connectivity index (χ1) is 7.61. The highest BCUT2D eigenvalue weighted by Crippen LogP contribution is 2.23. The number of hydrogen-bond donors (Lipinski definition) is 2. The highest BCUT2D eigenvalue weighted by atomic mass is 35.5. The Morgan fingerprint density at radius 1 is 1.44 bits per heavy atom. The van der Waals surface area contributed by atoms with Crippen LogP contribution in [0.5, 0.6) is 0 Å². The summed E-state index contributed by atoms with van der Waals surface area (Å²) < 4.78 is 0. The Morgan fingerprint density at radius 3 is 2.56 bits per heavy atom. The van der Waals surface area contributed by atoms with Crippen molar-refractivity contribution in [3.8, 4) is 0 Å². The molecule has 1 aromatic carbocycles. The fourth-order valence-corrected chi connectivity index (χ4v) is 2.64. The summed E-state index contributed by atoms with van der Waals surface area (Å²) in [6.07, 6.45) is 1.71. The van der Waals surface area contributed by atoms with Gasteiger partial charge in [-0.05, 0) is 24.1 Å². The summed E-state index contributed by atoms with van der Waals surface area (Å²) >= 11 is 7.66. The molecule has 1 aromatic rings. The minimum absolute atomic E-state index is 0.274. The molecule has 1 unspecified atom stereocenters. The van der Waals surface area contributed by atoms with Crippen molar-refractivity contribution in [1.82, 2.24) is 0 Å². The van der Waals surface area contributed by atoms with Gasteiger partial charge >= 0.3 is 0 Å². The minimum atomic E-state index is 0.274. The fourth-order valence-electron chi connectivity index (χ4n) is 1.36. The Balaban J connectivity index is 2.43. The molecular formula is C12H17ClN2S. The summed E-state index contributed by atoms with van der Waals surface area (Å²) in [7, 11) is 0. The van der Waals surface area contributed by atoms with E-state index in [1.165, 1.54) is 5.56 Å². The summed E-state index contributed by atoms with van der Waals surface area (Å²) in [5.41, 5.74) is 6.67. The zero-order chi connectivity index (χ0) is 12.0. The maximum Gasteiger partial charge on any atom is 0.0916 e. The molecule has 0 radical (unpaired) electrons. The summed E-state index contributed by atoms with van der Waals surface area (Å²) in [5.74, 6) is 1.22. The van der Waals surface area contributed by atoms with Gasteiger partial charge in [0.15, 0.2) is 0 Å². The first kappa shape index (κ1) is 13.4. The molecule has 0 aliphatic rings. The molecule has 0 heterocycles. The lowest BCUT2D eigenvalue weighted by atomic mass is 10.2. The SMILES string of the molecule is CCC(CC(=N)N)SCc1ccc(Cl)cc1. The average Bonchev–Trinajstić information content (AvgIpc) is 2.26. The van der Waals surface area contributed by atoms with Crippen LogP contribution in [-0.4, -0.2) is 11.1 Å². The minimum Gasteiger partial charge on any atom is -0.388 e. The zero-order valence-corrected chi connectivity index (χ0v) is 10.9. The van der Waals surface area contributed by atoms with Gasteiger partial charge in [-0.2, -0.15) is 11.8 Å². The van der Waals surface area contributed by atoms with E-state index in [-0.39, 0.29) is 5.84 Å². The standard InChI is InChI=1S/C12H17ClN2S/c1-2-11(7-12(14)15)16-8-9-3-5-10(13)6-4-9/h3-6,11H,2,7-8H2,1H3,(H3,14,15). The molecular weight excluding hydrogens is 240 g/mol. The van der Waals surface area contributed by atoms with Gasteiger partial charge in [-0.15, -0.1) is 0 Å². The van der Waals surface area contributed by atoms with Gasteiger partial charge in [0.2, 0.25) is 0 Å². The molecule has 0 aliphatic carbocycles. The predicted octanol–water partition coefficient (Wildman–Crippen LogP) is 3.68. The summed E-state index contributed by atoms with van der Waals surface area (Å²) in [4.78, 5) is 0. The quantitative estimate of drug-likeness (QED) is 0.603. The Morgan fingerprint density at radius 2 is 2.06 bits per heavy atom. The zero-order valence-electron chi connectivity index (χ0n) is 9.37. The number of thioether (sulfide) groups is 1. The molecule has 3 N–H and O–H groups in total. The highest BCUT2D eigenvalue weighted by Gasteiger charge is 2.08. The van der Waals surface area contributed by atoms with Gasteiger partial charge in [0.1, 0.15) is 0 Å². The lowest BCUT2D eigenvalue weighted by Crippen LogP contribution is -2.16. The number of nitrogens with one attached hydrogen (secondary N) is 1. The van der Waals surface area contributed by atoms with Crippen LogP contribution in [0.15, 0.2) is 24.3 Å². The number of hydrogen-bond acceptors (Lipinski definition) is 2. The van der Waals surface area contributed by atoms with Crippen LogP contribution in [0, 0.1) is 5.41 Å². The molecule has 0 bridgehead atoms. The molecule has 0 fully saturated rings. The van der Waals surface area contributed by atoms with E-state index < -0.39 is 0 Å². The van der Waals surface area contributed by atoms with Crippen molar-refractivity contribution >= 4 is 29.2 Å². The molecule has 0 amide bonds. The molecule has 0 aliphatic heterocycles. The Hall–Kier alpha value is -0.670. The Bertz CT molecular complexity index is 337. The lowest BCUT2D eigenvalue weighted by molar-refractivity contribution is 0.848. The van der Waals surface area contributed by atoms with Gasteiger partial charge in [0, 0.05) is 22.4 Å². The van der Waals surface area contributed by atoms with E-state index >= 15 is 0 Å². The van der Waals surface area contributed by atoms with E-state index in [1.54, 1.807) is 0 Å². The third-order valence-corrected chi connectivity index (χ3v) is 4.03. The fraction of sp³-hybridized carbons (Fsp3) is 0.417. The third-order valence-electron chi connectivity index (χ3n) is 2.30. The van der Waals surface area contributed by atoms with Gasteiger partial charge in [-0.25, -0.2) is 0 Å². The van der Waals surface area contributed by atoms with Crippen molar-refractivity contribution in [2.45, 2.75) is 30.8 Å². The number of rotatable bonds is 6. The second kappa shape index (κ2) is 6.81. The van der Waals surface area contributed by atoms with E-state index in [9.17, 15) is 0 Å². The van der Waals surface area contributed by atoms with Crippen molar-refractivity contribution < 1.29 is 0 Å². The Kier molecular flexibility index (Phi) is 5.71. The molecule has 0 spiro atoms. The highest BCUT2D eigenvalue weighted by molar-refractivity contribution is 7.99. The van der Waals surface area contributed by atoms with Crippen LogP contribution in [0.25, 0.3) is 0 Å². The van der Waals surface area contributed by atoms with Crippen molar-refractivity contribution in [2.75, 3.05) is 0 Å². The topological polar surface area (TPSA) is 49.9 Å². The van der Waals surface area contributed by atoms with Crippen LogP contribution in [0.1, 0.15) is 25.3 Å². The molecule has 1 atom stereocenters. The molecule has 88 valence electrons. The smallest absolute Gasteiger partial charge is 0.0916 e. The molecule has 1 rings (SSSR count). The Labute approximate surface area is 106 Å². The van der Waals surface area contributed by atoms with Crippen LogP contribution in [0.4, 0.5) is 0 Å². The van der Waals surface area contributed by atoms with Gasteiger partial charge in [0.05, 0.1) is 5.84 Å². The van der Waals surface area contributed by atoms with Crippen LogP contribution in [0.2, 0.25) is 5.02 Å². The molecule has 2 nitrogen and oxygen atoms in total. The molecule has 0 saturated heterocycles. The molecule has 0 aromatic heterocycles. The monoisotopic (exact) mass is 256 g/mol. The van der Waals surface area contributed by atoms with Crippen LogP contribution < -0.4 is 5.73 Å². The molecule has 16 heavy (non-hydrogen) atoms. The van der Waals surface area contributed by atoms with Gasteiger partial charge in [-0.1, -0.05) is 30.7 Å². The van der Waals surface area contributed by atoms with Crippen LogP contribution >= 0.6 is 23.4 Å². The first-order valence-electron chi connectivity index (χ1n) is 5.30. The first-order valence-corrected chi connectivity index (χ1v) is 6.73. The van der Waals surface area contributed by atoms with E-state index in [4.69, 9.17) is 22.7 Å². The molecule has 0 saturated carbocycles. The summed E-state index contributed by atoms with van der Waals surface area (Å²) in [6, 6.07) is 7.89. The number of halogens is 1. The summed E-state index contributed by atoms with van der Waals surface area (Å²) in [5, 5.41) is 8.49. The normalized spacial score (nSPS) is 12.4. The third kappa shape index (κ3) is 4.90. The largest absolute Gasteiger partial charge is 0.388 e. The maximum atomic E-state index is 7.29. The van der Waals surface area contributed by atoms with Crippen LogP contribution in [0.3, 0.4) is 0 Å². The lowest BCUT2D eigenvalue weighted by Gasteiger charge is -2.13. The predicted molar refractivity (Wildman–Crippen MR) is 73.4 cm³/mol. The summed E-state index contributed by atoms with van der Waals surface area (Å²) in [6.45, 7) is 2.13. The van der Waals surface area contributed by atoms with Gasteiger partial charge in [0.25, 0.3) is 0 Å². The van der Waals surface area contributed by atoms with E-state index in [0.717, 1.165) is 17.2 Å². The van der Waals surface area contributed by atoms with Crippen molar-refractivity contribution in [3.63, 3.8) is 0 Å². The van der Waals surface area contributed by atoms with Gasteiger partial charge in [-0.3, -0.25) is 5.41 Å². The van der Waals surface area contributed by atoms with Crippen molar-refractivity contribution in [3.05, 3.63) is 34.9 Å². The number of nitrogens with two attached hydrogens (primary N) is 1. The maximum absolute atomic E-state index is 7.29. The van der Waals surface area contributed by atoms with Gasteiger partial charge < -0.3 is 5.73 Å². The van der Waals surface area contributed by atoms with E-state index in [0.29, 0.717) is 11.7 Å². The number of amidine groups is 1. The second-order valence-electron chi connectivity index (χ2n) is 3.70.